The summed E-state index contributed by atoms with van der Waals surface area (Å²) < 4.78 is 42.9. The highest BCUT2D eigenvalue weighted by Gasteiger charge is 2.26. The van der Waals surface area contributed by atoms with Crippen molar-refractivity contribution in [2.75, 3.05) is 11.0 Å². The van der Waals surface area contributed by atoms with Crippen molar-refractivity contribution in [1.29, 1.82) is 0 Å². The molecule has 1 aliphatic carbocycles. The molecule has 2 rings (SSSR count). The van der Waals surface area contributed by atoms with E-state index >= 15 is 0 Å². The van der Waals surface area contributed by atoms with Gasteiger partial charge in [-0.2, -0.15) is 0 Å². The molecule has 0 unspecified atom stereocenters. The third-order valence-corrected chi connectivity index (χ3v) is 2.55. The van der Waals surface area contributed by atoms with Crippen LogP contribution in [0.4, 0.5) is 10.1 Å². The first-order chi connectivity index (χ1) is 7.46. The van der Waals surface area contributed by atoms with Crippen molar-refractivity contribution in [2.45, 2.75) is 18.9 Å². The summed E-state index contributed by atoms with van der Waals surface area (Å²) in [5, 5.41) is 0. The molecule has 1 aliphatic rings. The van der Waals surface area contributed by atoms with Crippen molar-refractivity contribution in [3.05, 3.63) is 18.2 Å². The second-order valence-corrected chi connectivity index (χ2v) is 5.43. The van der Waals surface area contributed by atoms with Gasteiger partial charge in [0.1, 0.15) is 5.69 Å². The Kier molecular flexibility index (Phi) is 2.71. The first-order valence-corrected chi connectivity index (χ1v) is 6.63. The Hall–Kier alpha value is -1.37. The predicted octanol–water partition coefficient (Wildman–Crippen LogP) is 1.13. The lowest BCUT2D eigenvalue weighted by Crippen LogP contribution is -2.13. The number of hydrogen-bond acceptors (Lipinski definition) is 4. The zero-order valence-electron chi connectivity index (χ0n) is 8.60. The second-order valence-electron chi connectivity index (χ2n) is 3.69. The van der Waals surface area contributed by atoms with Crippen molar-refractivity contribution in [3.8, 4) is 5.75 Å². The van der Waals surface area contributed by atoms with Crippen LogP contribution in [0.25, 0.3) is 0 Å². The molecule has 1 aromatic rings. The number of nitrogens with one attached hydrogen (secondary N) is 1. The largest absolute Gasteiger partial charge is 0.486 e. The summed E-state index contributed by atoms with van der Waals surface area (Å²) in [6.07, 6.45) is 5.03. The summed E-state index contributed by atoms with van der Waals surface area (Å²) in [5.74, 6) is -0.614. The van der Waals surface area contributed by atoms with Crippen LogP contribution in [0.3, 0.4) is 0 Å². The minimum absolute atomic E-state index is 0.0451. The molecule has 16 heavy (non-hydrogen) atoms. The fourth-order valence-electron chi connectivity index (χ4n) is 1.16. The third-order valence-electron chi connectivity index (χ3n) is 1.97. The van der Waals surface area contributed by atoms with Gasteiger partial charge in [0.05, 0.1) is 24.8 Å². The van der Waals surface area contributed by atoms with E-state index in [2.05, 4.69) is 9.71 Å². The van der Waals surface area contributed by atoms with E-state index in [4.69, 9.17) is 4.74 Å². The summed E-state index contributed by atoms with van der Waals surface area (Å²) in [6, 6.07) is 0. The standard InChI is InChI=1S/C9H11FN2O3S/c1-16(13,14)12-9-7(10)4-11-5-8(9)15-6-2-3-6/h4-6H,2-3H2,1H3,(H,11,12). The van der Waals surface area contributed by atoms with Crippen LogP contribution < -0.4 is 9.46 Å². The van der Waals surface area contributed by atoms with Gasteiger partial charge in [0.2, 0.25) is 10.0 Å². The molecule has 0 aromatic carbocycles. The predicted molar refractivity (Wildman–Crippen MR) is 56.3 cm³/mol. The maximum absolute atomic E-state index is 13.4. The molecule has 1 heterocycles. The molecule has 5 nitrogen and oxygen atoms in total. The molecule has 0 amide bonds. The Bertz CT molecular complexity index is 499. The number of hydrogen-bond donors (Lipinski definition) is 1. The highest BCUT2D eigenvalue weighted by molar-refractivity contribution is 7.92. The van der Waals surface area contributed by atoms with Gasteiger partial charge < -0.3 is 4.74 Å². The summed E-state index contributed by atoms with van der Waals surface area (Å²) in [7, 11) is -3.54. The molecule has 1 saturated carbocycles. The molecule has 1 N–H and O–H groups in total. The van der Waals surface area contributed by atoms with Gasteiger partial charge in [-0.25, -0.2) is 12.8 Å². The van der Waals surface area contributed by atoms with Crippen LogP contribution >= 0.6 is 0 Å². The summed E-state index contributed by atoms with van der Waals surface area (Å²) in [6.45, 7) is 0. The van der Waals surface area contributed by atoms with Crippen molar-refractivity contribution in [3.63, 3.8) is 0 Å². The van der Waals surface area contributed by atoms with Gasteiger partial charge in [-0.3, -0.25) is 9.71 Å². The first-order valence-electron chi connectivity index (χ1n) is 4.73. The Labute approximate surface area is 92.7 Å². The summed E-state index contributed by atoms with van der Waals surface area (Å²) in [5.41, 5.74) is -0.176. The second kappa shape index (κ2) is 3.89. The first kappa shape index (κ1) is 11.1. The maximum atomic E-state index is 13.4. The van der Waals surface area contributed by atoms with Crippen LogP contribution in [0, 0.1) is 5.82 Å². The minimum Gasteiger partial charge on any atom is -0.486 e. The van der Waals surface area contributed by atoms with Crippen LogP contribution in [0.2, 0.25) is 0 Å². The number of halogens is 1. The highest BCUT2D eigenvalue weighted by Crippen LogP contribution is 2.33. The number of ether oxygens (including phenoxy) is 1. The molecular formula is C9H11FN2O3S. The molecule has 0 saturated heterocycles. The smallest absolute Gasteiger partial charge is 0.230 e. The topological polar surface area (TPSA) is 68.3 Å². The summed E-state index contributed by atoms with van der Waals surface area (Å²) >= 11 is 0. The Morgan fingerprint density at radius 2 is 2.19 bits per heavy atom. The normalized spacial score (nSPS) is 15.9. The van der Waals surface area contributed by atoms with Crippen molar-refractivity contribution in [2.24, 2.45) is 0 Å². The SMILES string of the molecule is CS(=O)(=O)Nc1c(F)cncc1OC1CC1. The van der Waals surface area contributed by atoms with Crippen LogP contribution in [0.1, 0.15) is 12.8 Å². The van der Waals surface area contributed by atoms with Crippen LogP contribution in [-0.2, 0) is 10.0 Å². The average molecular weight is 246 g/mol. The van der Waals surface area contributed by atoms with Crippen LogP contribution in [-0.4, -0.2) is 25.8 Å². The maximum Gasteiger partial charge on any atom is 0.230 e. The van der Waals surface area contributed by atoms with E-state index in [1.165, 1.54) is 6.20 Å². The molecular weight excluding hydrogens is 235 g/mol. The van der Waals surface area contributed by atoms with E-state index in [0.29, 0.717) is 0 Å². The van der Waals surface area contributed by atoms with E-state index in [1.54, 1.807) is 0 Å². The molecule has 7 heteroatoms. The quantitative estimate of drug-likeness (QED) is 0.864. The lowest BCUT2D eigenvalue weighted by Gasteiger charge is -2.11. The molecule has 0 atom stereocenters. The van der Waals surface area contributed by atoms with Crippen molar-refractivity contribution >= 4 is 15.7 Å². The zero-order chi connectivity index (χ0) is 11.8. The lowest BCUT2D eigenvalue weighted by atomic mass is 10.4. The van der Waals surface area contributed by atoms with Crippen LogP contribution in [0.15, 0.2) is 12.4 Å². The van der Waals surface area contributed by atoms with E-state index < -0.39 is 15.8 Å². The number of anilines is 1. The lowest BCUT2D eigenvalue weighted by molar-refractivity contribution is 0.302. The van der Waals surface area contributed by atoms with Crippen molar-refractivity contribution in [1.82, 2.24) is 4.98 Å². The molecule has 1 aromatic heterocycles. The third kappa shape index (κ3) is 2.82. The minimum atomic E-state index is -3.54. The molecule has 0 radical (unpaired) electrons. The van der Waals surface area contributed by atoms with Gasteiger partial charge in [-0.15, -0.1) is 0 Å². The molecule has 0 bridgehead atoms. The Balaban J connectivity index is 2.31. The number of sulfonamides is 1. The average Bonchev–Trinajstić information content (AvgIpc) is 2.93. The van der Waals surface area contributed by atoms with Gasteiger partial charge in [0, 0.05) is 0 Å². The molecule has 0 aliphatic heterocycles. The van der Waals surface area contributed by atoms with Crippen molar-refractivity contribution < 1.29 is 17.5 Å². The van der Waals surface area contributed by atoms with E-state index in [9.17, 15) is 12.8 Å². The fourth-order valence-corrected chi connectivity index (χ4v) is 1.73. The molecule has 0 spiro atoms. The molecule has 88 valence electrons. The zero-order valence-corrected chi connectivity index (χ0v) is 9.42. The van der Waals surface area contributed by atoms with Gasteiger partial charge >= 0.3 is 0 Å². The van der Waals surface area contributed by atoms with E-state index in [0.717, 1.165) is 25.3 Å². The van der Waals surface area contributed by atoms with Gasteiger partial charge in [0.25, 0.3) is 0 Å². The number of nitrogens with zero attached hydrogens (tertiary/aromatic N) is 1. The highest BCUT2D eigenvalue weighted by atomic mass is 32.2. The van der Waals surface area contributed by atoms with Gasteiger partial charge in [0.15, 0.2) is 11.6 Å². The van der Waals surface area contributed by atoms with E-state index in [1.807, 2.05) is 0 Å². The Morgan fingerprint density at radius 1 is 1.50 bits per heavy atom. The summed E-state index contributed by atoms with van der Waals surface area (Å²) in [4.78, 5) is 3.62. The van der Waals surface area contributed by atoms with Gasteiger partial charge in [-0.1, -0.05) is 0 Å². The Morgan fingerprint density at radius 3 is 2.75 bits per heavy atom. The fraction of sp³-hybridized carbons (Fsp3) is 0.444. The molecule has 1 fully saturated rings. The van der Waals surface area contributed by atoms with Gasteiger partial charge in [-0.05, 0) is 12.8 Å². The number of pyridine rings is 1. The monoisotopic (exact) mass is 246 g/mol. The number of rotatable bonds is 4. The number of aromatic nitrogens is 1. The van der Waals surface area contributed by atoms with Crippen LogP contribution in [0.5, 0.6) is 5.75 Å². The van der Waals surface area contributed by atoms with E-state index in [-0.39, 0.29) is 17.5 Å².